The molecule has 0 aliphatic carbocycles. The maximum absolute atomic E-state index is 11.5. The highest BCUT2D eigenvalue weighted by molar-refractivity contribution is 7.12. The SMILES string of the molecule is CC(=O)c1cc(Cc2nc([C@H]3C[C@@H](c4ccccc4)N4CCC[C@H]34)no2)cs1. The van der Waals surface area contributed by atoms with E-state index in [-0.39, 0.29) is 5.78 Å². The first kappa shape index (κ1) is 17.8. The van der Waals surface area contributed by atoms with E-state index in [1.807, 2.05) is 11.4 Å². The third kappa shape index (κ3) is 3.20. The number of thiophene rings is 1. The van der Waals surface area contributed by atoms with Crippen molar-refractivity contribution in [2.75, 3.05) is 6.54 Å². The van der Waals surface area contributed by atoms with Crippen LogP contribution in [0.3, 0.4) is 0 Å². The van der Waals surface area contributed by atoms with Crippen LogP contribution in [0.25, 0.3) is 0 Å². The molecule has 2 aromatic heterocycles. The van der Waals surface area contributed by atoms with Crippen molar-refractivity contribution in [1.82, 2.24) is 15.0 Å². The minimum Gasteiger partial charge on any atom is -0.339 e. The van der Waals surface area contributed by atoms with Gasteiger partial charge in [-0.15, -0.1) is 11.3 Å². The molecular weight excluding hydrogens is 370 g/mol. The molecule has 6 heteroatoms. The van der Waals surface area contributed by atoms with Crippen LogP contribution in [0, 0.1) is 0 Å². The lowest BCUT2D eigenvalue weighted by atomic mass is 9.94. The summed E-state index contributed by atoms with van der Waals surface area (Å²) in [7, 11) is 0. The summed E-state index contributed by atoms with van der Waals surface area (Å²) in [5.74, 6) is 1.89. The third-order valence-electron chi connectivity index (χ3n) is 6.04. The fourth-order valence-corrected chi connectivity index (χ4v) is 5.58. The van der Waals surface area contributed by atoms with Crippen LogP contribution >= 0.6 is 11.3 Å². The summed E-state index contributed by atoms with van der Waals surface area (Å²) >= 11 is 1.47. The second kappa shape index (κ2) is 7.26. The maximum atomic E-state index is 11.5. The van der Waals surface area contributed by atoms with Gasteiger partial charge in [-0.05, 0) is 55.3 Å². The van der Waals surface area contributed by atoms with Gasteiger partial charge in [0, 0.05) is 18.0 Å². The van der Waals surface area contributed by atoms with Gasteiger partial charge in [-0.2, -0.15) is 4.98 Å². The van der Waals surface area contributed by atoms with Gasteiger partial charge >= 0.3 is 0 Å². The molecule has 0 amide bonds. The summed E-state index contributed by atoms with van der Waals surface area (Å²) in [6.45, 7) is 2.74. The van der Waals surface area contributed by atoms with Gasteiger partial charge in [0.05, 0.1) is 11.3 Å². The number of carbonyl (C=O) groups is 1. The van der Waals surface area contributed by atoms with Gasteiger partial charge in [-0.3, -0.25) is 9.69 Å². The van der Waals surface area contributed by atoms with Crippen LogP contribution in [0.15, 0.2) is 46.3 Å². The molecule has 0 radical (unpaired) electrons. The van der Waals surface area contributed by atoms with Gasteiger partial charge in [-0.25, -0.2) is 0 Å². The molecule has 0 N–H and O–H groups in total. The number of ketones is 1. The molecule has 2 aliphatic rings. The Bertz CT molecular complexity index is 981. The van der Waals surface area contributed by atoms with Gasteiger partial charge in [0.2, 0.25) is 5.89 Å². The minimum absolute atomic E-state index is 0.0988. The first-order valence-corrected chi connectivity index (χ1v) is 10.8. The van der Waals surface area contributed by atoms with E-state index in [0.29, 0.717) is 30.3 Å². The van der Waals surface area contributed by atoms with E-state index in [1.54, 1.807) is 6.92 Å². The van der Waals surface area contributed by atoms with Crippen molar-refractivity contribution in [3.8, 4) is 0 Å². The predicted octanol–water partition coefficient (Wildman–Crippen LogP) is 4.62. The molecule has 3 atom stereocenters. The van der Waals surface area contributed by atoms with Crippen LogP contribution in [0.5, 0.6) is 0 Å². The largest absolute Gasteiger partial charge is 0.339 e. The molecular formula is C22H23N3O2S. The number of nitrogens with zero attached hydrogens (tertiary/aromatic N) is 3. The van der Waals surface area contributed by atoms with E-state index >= 15 is 0 Å². The molecule has 4 heterocycles. The molecule has 5 rings (SSSR count). The van der Waals surface area contributed by atoms with Crippen molar-refractivity contribution in [3.05, 3.63) is 69.5 Å². The lowest BCUT2D eigenvalue weighted by Gasteiger charge is -2.24. The second-order valence-corrected chi connectivity index (χ2v) is 8.73. The number of Topliss-reactive ketones (excluding diaryl/α,β-unsaturated/α-hetero) is 1. The van der Waals surface area contributed by atoms with Gasteiger partial charge in [-0.1, -0.05) is 35.5 Å². The van der Waals surface area contributed by atoms with Crippen LogP contribution in [0.2, 0.25) is 0 Å². The Hall–Kier alpha value is -2.31. The van der Waals surface area contributed by atoms with E-state index in [9.17, 15) is 4.79 Å². The monoisotopic (exact) mass is 393 g/mol. The molecule has 0 unspecified atom stereocenters. The smallest absolute Gasteiger partial charge is 0.231 e. The van der Waals surface area contributed by atoms with Crippen LogP contribution < -0.4 is 0 Å². The van der Waals surface area contributed by atoms with Crippen molar-refractivity contribution in [2.45, 2.75) is 50.6 Å². The molecule has 2 fully saturated rings. The van der Waals surface area contributed by atoms with Crippen LogP contribution in [0.4, 0.5) is 0 Å². The number of hydrogen-bond acceptors (Lipinski definition) is 6. The molecule has 5 nitrogen and oxygen atoms in total. The molecule has 0 saturated carbocycles. The molecule has 2 aliphatic heterocycles. The van der Waals surface area contributed by atoms with Gasteiger partial charge in [0.25, 0.3) is 0 Å². The number of aromatic nitrogens is 2. The summed E-state index contributed by atoms with van der Waals surface area (Å²) in [5, 5.41) is 6.35. The van der Waals surface area contributed by atoms with Crippen molar-refractivity contribution >= 4 is 17.1 Å². The van der Waals surface area contributed by atoms with Crippen molar-refractivity contribution < 1.29 is 9.32 Å². The number of benzene rings is 1. The third-order valence-corrected chi connectivity index (χ3v) is 7.12. The van der Waals surface area contributed by atoms with Crippen molar-refractivity contribution in [2.24, 2.45) is 0 Å². The predicted molar refractivity (Wildman–Crippen MR) is 108 cm³/mol. The molecule has 0 spiro atoms. The number of rotatable bonds is 5. The zero-order chi connectivity index (χ0) is 19.1. The highest BCUT2D eigenvalue weighted by atomic mass is 32.1. The second-order valence-electron chi connectivity index (χ2n) is 7.81. The van der Waals surface area contributed by atoms with E-state index in [2.05, 4.69) is 40.4 Å². The Balaban J connectivity index is 1.35. The summed E-state index contributed by atoms with van der Waals surface area (Å²) in [5.41, 5.74) is 2.44. The molecule has 144 valence electrons. The van der Waals surface area contributed by atoms with Gasteiger partial charge < -0.3 is 4.52 Å². The molecule has 2 saturated heterocycles. The van der Waals surface area contributed by atoms with E-state index in [4.69, 9.17) is 9.51 Å². The average molecular weight is 394 g/mol. The summed E-state index contributed by atoms with van der Waals surface area (Å²) < 4.78 is 5.58. The number of hydrogen-bond donors (Lipinski definition) is 0. The first-order valence-electron chi connectivity index (χ1n) is 9.90. The maximum Gasteiger partial charge on any atom is 0.231 e. The highest BCUT2D eigenvalue weighted by Gasteiger charge is 2.46. The van der Waals surface area contributed by atoms with Crippen LogP contribution in [0.1, 0.15) is 70.7 Å². The molecule has 28 heavy (non-hydrogen) atoms. The van der Waals surface area contributed by atoms with Crippen molar-refractivity contribution in [1.29, 1.82) is 0 Å². The first-order chi connectivity index (χ1) is 13.7. The molecule has 0 bridgehead atoms. The Morgan fingerprint density at radius 3 is 2.96 bits per heavy atom. The Labute approximate surface area is 168 Å². The Morgan fingerprint density at radius 1 is 1.32 bits per heavy atom. The van der Waals surface area contributed by atoms with E-state index in [0.717, 1.165) is 29.2 Å². The normalized spacial score (nSPS) is 24.5. The number of fused-ring (bicyclic) bond motifs is 1. The summed E-state index contributed by atoms with van der Waals surface area (Å²) in [6, 6.07) is 13.6. The van der Waals surface area contributed by atoms with Crippen LogP contribution in [-0.4, -0.2) is 33.4 Å². The minimum atomic E-state index is 0.0988. The Kier molecular flexibility index (Phi) is 4.61. The fraction of sp³-hybridized carbons (Fsp3) is 0.409. The zero-order valence-electron chi connectivity index (χ0n) is 15.9. The fourth-order valence-electron chi connectivity index (χ4n) is 4.77. The highest BCUT2D eigenvalue weighted by Crippen LogP contribution is 2.48. The lowest BCUT2D eigenvalue weighted by molar-refractivity contribution is 0.102. The lowest BCUT2D eigenvalue weighted by Crippen LogP contribution is -2.27. The average Bonchev–Trinajstić information content (AvgIpc) is 3.47. The quantitative estimate of drug-likeness (QED) is 0.592. The van der Waals surface area contributed by atoms with Gasteiger partial charge in [0.15, 0.2) is 11.6 Å². The topological polar surface area (TPSA) is 59.2 Å². The van der Waals surface area contributed by atoms with Gasteiger partial charge in [0.1, 0.15) is 0 Å². The number of carbonyl (C=O) groups excluding carboxylic acids is 1. The van der Waals surface area contributed by atoms with Crippen LogP contribution in [-0.2, 0) is 6.42 Å². The Morgan fingerprint density at radius 2 is 2.18 bits per heavy atom. The summed E-state index contributed by atoms with van der Waals surface area (Å²) in [4.78, 5) is 19.7. The molecule has 1 aromatic carbocycles. The van der Waals surface area contributed by atoms with E-state index < -0.39 is 0 Å². The summed E-state index contributed by atoms with van der Waals surface area (Å²) in [6.07, 6.45) is 4.06. The standard InChI is InChI=1S/C22H23N3O2S/c1-14(26)20-10-15(13-28-20)11-21-23-22(24-27-21)17-12-19(16-6-3-2-4-7-16)25-9-5-8-18(17)25/h2-4,6-7,10,13,17-19H,5,8-9,11-12H2,1H3/t17-,18+,19-/m0/s1. The zero-order valence-corrected chi connectivity index (χ0v) is 16.7. The van der Waals surface area contributed by atoms with E-state index in [1.165, 1.54) is 29.7 Å². The molecule has 3 aromatic rings. The van der Waals surface area contributed by atoms with Crippen molar-refractivity contribution in [3.63, 3.8) is 0 Å².